The molecule has 190 valence electrons. The van der Waals surface area contributed by atoms with Gasteiger partial charge in [0.2, 0.25) is 5.78 Å². The number of aromatic nitrogens is 2. The van der Waals surface area contributed by atoms with Gasteiger partial charge in [0.1, 0.15) is 11.7 Å². The lowest BCUT2D eigenvalue weighted by atomic mass is 10.0. The van der Waals surface area contributed by atoms with Crippen molar-refractivity contribution in [3.8, 4) is 11.3 Å². The summed E-state index contributed by atoms with van der Waals surface area (Å²) in [7, 11) is 0. The van der Waals surface area contributed by atoms with Crippen LogP contribution in [-0.4, -0.2) is 43.2 Å². The van der Waals surface area contributed by atoms with Gasteiger partial charge in [0.25, 0.3) is 17.7 Å². The molecule has 5 rings (SSSR count). The number of benzene rings is 3. The van der Waals surface area contributed by atoms with Gasteiger partial charge in [-0.15, -0.1) is 0 Å². The lowest BCUT2D eigenvalue weighted by Gasteiger charge is -2.16. The van der Waals surface area contributed by atoms with E-state index in [4.69, 9.17) is 5.73 Å². The largest absolute Gasteiger partial charge is 0.363 e. The minimum absolute atomic E-state index is 0.00290. The van der Waals surface area contributed by atoms with Crippen molar-refractivity contribution in [3.05, 3.63) is 107 Å². The van der Waals surface area contributed by atoms with E-state index in [1.165, 1.54) is 0 Å². The highest BCUT2D eigenvalue weighted by Gasteiger charge is 2.30. The monoisotopic (exact) mass is 525 g/mol. The van der Waals surface area contributed by atoms with Crippen LogP contribution in [0.2, 0.25) is 0 Å². The van der Waals surface area contributed by atoms with Crippen molar-refractivity contribution in [1.29, 1.82) is 0 Å². The van der Waals surface area contributed by atoms with Gasteiger partial charge >= 0.3 is 0 Å². The second-order valence-corrected chi connectivity index (χ2v) is 9.45. The van der Waals surface area contributed by atoms with Crippen LogP contribution in [0.15, 0.2) is 78.9 Å². The smallest absolute Gasteiger partial charge is 0.287 e. The second kappa shape index (κ2) is 10.7. The van der Waals surface area contributed by atoms with Crippen LogP contribution in [0.1, 0.15) is 37.5 Å². The number of primary amides is 1. The number of fused-ring (bicyclic) bond motifs is 1. The Morgan fingerprint density at radius 2 is 1.63 bits per heavy atom. The molecule has 0 fully saturated rings. The second-order valence-electron chi connectivity index (χ2n) is 8.92. The predicted molar refractivity (Wildman–Crippen MR) is 141 cm³/mol. The van der Waals surface area contributed by atoms with Crippen LogP contribution in [0.4, 0.5) is 0 Å². The minimum Gasteiger partial charge on any atom is -0.363 e. The zero-order valence-electron chi connectivity index (χ0n) is 20.2. The Morgan fingerprint density at radius 3 is 2.32 bits per heavy atom. The molecule has 1 unspecified atom stereocenters. The van der Waals surface area contributed by atoms with E-state index in [2.05, 4.69) is 14.1 Å². The maximum atomic E-state index is 13.2. The number of carbonyl (C=O) groups is 4. The number of amides is 3. The molecule has 0 spiro atoms. The van der Waals surface area contributed by atoms with E-state index in [9.17, 15) is 19.2 Å². The van der Waals surface area contributed by atoms with E-state index < -0.39 is 23.6 Å². The van der Waals surface area contributed by atoms with Gasteiger partial charge in [0.15, 0.2) is 5.69 Å². The van der Waals surface area contributed by atoms with Crippen molar-refractivity contribution in [3.63, 3.8) is 0 Å². The summed E-state index contributed by atoms with van der Waals surface area (Å²) in [5.41, 5.74) is 9.29. The summed E-state index contributed by atoms with van der Waals surface area (Å²) in [5.74, 6) is -2.81. The van der Waals surface area contributed by atoms with E-state index in [1.54, 1.807) is 41.3 Å². The van der Waals surface area contributed by atoms with E-state index in [0.717, 1.165) is 28.4 Å². The van der Waals surface area contributed by atoms with Gasteiger partial charge in [-0.2, -0.15) is 8.75 Å². The van der Waals surface area contributed by atoms with Crippen LogP contribution < -0.4 is 11.1 Å². The van der Waals surface area contributed by atoms with E-state index >= 15 is 0 Å². The SMILES string of the molecule is NC(=O)C(=O)C(Cc1ccccc1)NC(=O)c1nsnc1-c1ccc2c(c1)C(=O)N(Cc1ccccc1)C2. The minimum atomic E-state index is -1.16. The fourth-order valence-electron chi connectivity index (χ4n) is 4.42. The lowest BCUT2D eigenvalue weighted by molar-refractivity contribution is -0.137. The number of hydrogen-bond donors (Lipinski definition) is 2. The first-order chi connectivity index (χ1) is 18.4. The maximum absolute atomic E-state index is 13.2. The van der Waals surface area contributed by atoms with E-state index in [-0.39, 0.29) is 23.7 Å². The number of nitrogens with zero attached hydrogens (tertiary/aromatic N) is 3. The average molecular weight is 526 g/mol. The van der Waals surface area contributed by atoms with E-state index in [0.29, 0.717) is 24.2 Å². The van der Waals surface area contributed by atoms with Crippen molar-refractivity contribution in [2.45, 2.75) is 25.6 Å². The molecule has 1 atom stereocenters. The van der Waals surface area contributed by atoms with Crippen molar-refractivity contribution >= 4 is 35.2 Å². The lowest BCUT2D eigenvalue weighted by Crippen LogP contribution is -2.47. The van der Waals surface area contributed by atoms with Gasteiger partial charge < -0.3 is 16.0 Å². The average Bonchev–Trinajstić information content (AvgIpc) is 3.54. The highest BCUT2D eigenvalue weighted by atomic mass is 32.1. The van der Waals surface area contributed by atoms with Crippen LogP contribution in [0, 0.1) is 0 Å². The normalized spacial score (nSPS) is 13.2. The molecule has 0 saturated heterocycles. The molecule has 1 aliphatic rings. The van der Waals surface area contributed by atoms with Crippen molar-refractivity contribution in [1.82, 2.24) is 19.0 Å². The number of hydrogen-bond acceptors (Lipinski definition) is 7. The van der Waals surface area contributed by atoms with E-state index in [1.807, 2.05) is 42.5 Å². The van der Waals surface area contributed by atoms with Gasteiger partial charge in [0, 0.05) is 30.6 Å². The fourth-order valence-corrected chi connectivity index (χ4v) is 4.99. The molecular weight excluding hydrogens is 502 g/mol. The first-order valence-electron chi connectivity index (χ1n) is 11.9. The fraction of sp³-hybridized carbons (Fsp3) is 0.143. The molecule has 1 aliphatic heterocycles. The molecule has 0 saturated carbocycles. The Balaban J connectivity index is 1.36. The maximum Gasteiger partial charge on any atom is 0.287 e. The summed E-state index contributed by atoms with van der Waals surface area (Å²) in [6.45, 7) is 0.981. The Morgan fingerprint density at radius 1 is 0.947 bits per heavy atom. The molecule has 0 bridgehead atoms. The number of nitrogens with two attached hydrogens (primary N) is 1. The Labute approximate surface area is 222 Å². The number of ketones is 1. The highest BCUT2D eigenvalue weighted by Crippen LogP contribution is 2.30. The van der Waals surface area contributed by atoms with Crippen LogP contribution >= 0.6 is 11.7 Å². The third kappa shape index (κ3) is 5.21. The molecule has 3 amide bonds. The van der Waals surface area contributed by atoms with Crippen LogP contribution in [0.5, 0.6) is 0 Å². The molecule has 10 heteroatoms. The topological polar surface area (TPSA) is 135 Å². The van der Waals surface area contributed by atoms with Crippen molar-refractivity contribution in [2.75, 3.05) is 0 Å². The van der Waals surface area contributed by atoms with Gasteiger partial charge in [-0.3, -0.25) is 19.2 Å². The van der Waals surface area contributed by atoms with Crippen LogP contribution in [-0.2, 0) is 29.1 Å². The first-order valence-corrected chi connectivity index (χ1v) is 12.6. The number of Topliss-reactive ketones (excluding diaryl/α,β-unsaturated/α-hetero) is 1. The van der Waals surface area contributed by atoms with Crippen LogP contribution in [0.25, 0.3) is 11.3 Å². The zero-order valence-corrected chi connectivity index (χ0v) is 21.0. The summed E-state index contributed by atoms with van der Waals surface area (Å²) in [4.78, 5) is 52.2. The molecule has 3 N–H and O–H groups in total. The quantitative estimate of drug-likeness (QED) is 0.323. The zero-order chi connectivity index (χ0) is 26.6. The Kier molecular flexibility index (Phi) is 7.05. The standard InChI is InChI=1S/C28H23N5O4S/c29-26(35)25(34)22(13-17-7-3-1-4-8-17)30-27(36)24-23(31-38-32-24)19-11-12-20-16-33(28(37)21(20)14-19)15-18-9-5-2-6-10-18/h1-12,14,22H,13,15-16H2,(H2,29,35)(H,30,36). The molecule has 4 aromatic rings. The Bertz CT molecular complexity index is 1520. The van der Waals surface area contributed by atoms with Gasteiger partial charge in [-0.25, -0.2) is 0 Å². The van der Waals surface area contributed by atoms with Gasteiger partial charge in [-0.05, 0) is 22.8 Å². The number of carbonyl (C=O) groups excluding carboxylic acids is 4. The predicted octanol–water partition coefficient (Wildman–Crippen LogP) is 2.76. The highest BCUT2D eigenvalue weighted by molar-refractivity contribution is 6.99. The molecule has 1 aromatic heterocycles. The summed E-state index contributed by atoms with van der Waals surface area (Å²) in [6, 6.07) is 22.9. The molecule has 2 heterocycles. The Hall–Kier alpha value is -4.70. The van der Waals surface area contributed by atoms with Gasteiger partial charge in [0.05, 0.1) is 11.7 Å². The van der Waals surface area contributed by atoms with Crippen LogP contribution in [0.3, 0.4) is 0 Å². The third-order valence-corrected chi connectivity index (χ3v) is 6.86. The van der Waals surface area contributed by atoms with Gasteiger partial charge in [-0.1, -0.05) is 72.8 Å². The van der Waals surface area contributed by atoms with Crippen molar-refractivity contribution < 1.29 is 19.2 Å². The number of rotatable bonds is 9. The van der Waals surface area contributed by atoms with Crippen molar-refractivity contribution in [2.24, 2.45) is 5.73 Å². The molecule has 38 heavy (non-hydrogen) atoms. The molecule has 0 aliphatic carbocycles. The third-order valence-electron chi connectivity index (χ3n) is 6.33. The first kappa shape index (κ1) is 25.0. The number of nitrogens with one attached hydrogen (secondary N) is 1. The summed E-state index contributed by atoms with van der Waals surface area (Å²) in [5, 5.41) is 2.59. The summed E-state index contributed by atoms with van der Waals surface area (Å²) < 4.78 is 8.42. The molecule has 9 nitrogen and oxygen atoms in total. The summed E-state index contributed by atoms with van der Waals surface area (Å²) in [6.07, 6.45) is 0.0891. The molecule has 3 aromatic carbocycles. The molecular formula is C28H23N5O4S. The summed E-state index contributed by atoms with van der Waals surface area (Å²) >= 11 is 0.839. The molecule has 0 radical (unpaired) electrons.